The van der Waals surface area contributed by atoms with Crippen molar-refractivity contribution in [1.29, 1.82) is 0 Å². The van der Waals surface area contributed by atoms with Gasteiger partial charge in [-0.05, 0) is 46.1 Å². The molecule has 0 saturated heterocycles. The smallest absolute Gasteiger partial charge is 0.223 e. The summed E-state index contributed by atoms with van der Waals surface area (Å²) in [4.78, 5) is 15.4. The lowest BCUT2D eigenvalue weighted by atomic mass is 10.1. The van der Waals surface area contributed by atoms with Crippen molar-refractivity contribution in [2.45, 2.75) is 13.3 Å². The van der Waals surface area contributed by atoms with Gasteiger partial charge in [-0.25, -0.2) is 9.97 Å². The molecular weight excluding hydrogens is 316 g/mol. The molecule has 0 fully saturated rings. The van der Waals surface area contributed by atoms with Crippen LogP contribution in [0.4, 0.5) is 5.95 Å². The maximum Gasteiger partial charge on any atom is 0.223 e. The van der Waals surface area contributed by atoms with Crippen LogP contribution in [0.15, 0.2) is 41.3 Å². The quantitative estimate of drug-likeness (QED) is 0.663. The van der Waals surface area contributed by atoms with Gasteiger partial charge < -0.3 is 14.7 Å². The van der Waals surface area contributed by atoms with E-state index < -0.39 is 0 Å². The molecule has 3 aromatic rings. The Morgan fingerprint density at radius 3 is 2.68 bits per heavy atom. The fraction of sp³-hybridized carbons (Fsp3) is 0.333. The van der Waals surface area contributed by atoms with Crippen molar-refractivity contribution >= 4 is 5.95 Å². The molecule has 3 heterocycles. The molecule has 0 radical (unpaired) electrons. The van der Waals surface area contributed by atoms with Crippen LogP contribution in [0.2, 0.25) is 0 Å². The zero-order valence-corrected chi connectivity index (χ0v) is 14.7. The van der Waals surface area contributed by atoms with Crippen LogP contribution in [0.3, 0.4) is 0 Å². The van der Waals surface area contributed by atoms with Crippen LogP contribution in [0.5, 0.6) is 0 Å². The highest BCUT2D eigenvalue weighted by atomic mass is 16.5. The molecule has 0 unspecified atom stereocenters. The third kappa shape index (κ3) is 4.39. The normalized spacial score (nSPS) is 11.0. The zero-order valence-electron chi connectivity index (χ0n) is 14.7. The molecule has 0 aliphatic carbocycles. The molecule has 130 valence electrons. The van der Waals surface area contributed by atoms with E-state index >= 15 is 0 Å². The Balaban J connectivity index is 1.89. The molecule has 3 aromatic heterocycles. The number of anilines is 1. The van der Waals surface area contributed by atoms with Crippen LogP contribution in [0.25, 0.3) is 22.6 Å². The topological polar surface area (TPSA) is 80.0 Å². The molecule has 0 spiro atoms. The first-order valence-electron chi connectivity index (χ1n) is 8.23. The summed E-state index contributed by atoms with van der Waals surface area (Å²) in [6.07, 6.45) is 6.29. The molecule has 0 saturated carbocycles. The van der Waals surface area contributed by atoms with Gasteiger partial charge in [-0.1, -0.05) is 5.16 Å². The minimum atomic E-state index is 0.602. The Hall–Kier alpha value is -2.80. The maximum atomic E-state index is 5.41. The second-order valence-corrected chi connectivity index (χ2v) is 6.11. The lowest BCUT2D eigenvalue weighted by Gasteiger charge is -2.11. The second-order valence-electron chi connectivity index (χ2n) is 6.11. The zero-order chi connectivity index (χ0) is 17.6. The van der Waals surface area contributed by atoms with Gasteiger partial charge in [0.25, 0.3) is 0 Å². The summed E-state index contributed by atoms with van der Waals surface area (Å²) in [5, 5.41) is 7.25. The molecule has 25 heavy (non-hydrogen) atoms. The molecule has 0 bridgehead atoms. The number of aromatic nitrogens is 4. The molecule has 7 nitrogen and oxygen atoms in total. The Bertz CT molecular complexity index is 815. The van der Waals surface area contributed by atoms with Crippen LogP contribution in [0.1, 0.15) is 12.1 Å². The van der Waals surface area contributed by atoms with E-state index in [2.05, 4.69) is 39.4 Å². The third-order valence-electron chi connectivity index (χ3n) is 3.70. The first-order valence-corrected chi connectivity index (χ1v) is 8.23. The van der Waals surface area contributed by atoms with Crippen molar-refractivity contribution in [2.24, 2.45) is 0 Å². The lowest BCUT2D eigenvalue weighted by molar-refractivity contribution is 0.405. The van der Waals surface area contributed by atoms with Gasteiger partial charge in [0.05, 0.1) is 17.0 Å². The SMILES string of the molecule is Cc1cc(-c2cnc(NCCCN(C)C)nc2-c2ccncc2)on1. The molecule has 0 amide bonds. The van der Waals surface area contributed by atoms with Crippen LogP contribution in [-0.4, -0.2) is 52.2 Å². The van der Waals surface area contributed by atoms with Crippen molar-refractivity contribution in [1.82, 2.24) is 25.0 Å². The molecule has 0 atom stereocenters. The van der Waals surface area contributed by atoms with Crippen LogP contribution in [0, 0.1) is 6.92 Å². The van der Waals surface area contributed by atoms with Gasteiger partial charge in [0, 0.05) is 36.8 Å². The van der Waals surface area contributed by atoms with E-state index in [4.69, 9.17) is 9.51 Å². The number of hydrogen-bond acceptors (Lipinski definition) is 7. The van der Waals surface area contributed by atoms with Gasteiger partial charge in [-0.2, -0.15) is 0 Å². The number of pyridine rings is 1. The van der Waals surface area contributed by atoms with E-state index in [0.29, 0.717) is 11.7 Å². The first kappa shape index (κ1) is 17.0. The van der Waals surface area contributed by atoms with Crippen LogP contribution >= 0.6 is 0 Å². The number of hydrogen-bond donors (Lipinski definition) is 1. The number of rotatable bonds is 7. The summed E-state index contributed by atoms with van der Waals surface area (Å²) < 4.78 is 5.41. The van der Waals surface area contributed by atoms with Crippen molar-refractivity contribution < 1.29 is 4.52 Å². The van der Waals surface area contributed by atoms with E-state index in [1.54, 1.807) is 18.6 Å². The number of nitrogens with zero attached hydrogens (tertiary/aromatic N) is 5. The summed E-state index contributed by atoms with van der Waals surface area (Å²) in [5.41, 5.74) is 3.38. The fourth-order valence-corrected chi connectivity index (χ4v) is 2.46. The monoisotopic (exact) mass is 338 g/mol. The van der Waals surface area contributed by atoms with E-state index in [1.165, 1.54) is 0 Å². The van der Waals surface area contributed by atoms with Gasteiger partial charge in [-0.15, -0.1) is 0 Å². The molecule has 1 N–H and O–H groups in total. The summed E-state index contributed by atoms with van der Waals surface area (Å²) in [6, 6.07) is 5.73. The summed E-state index contributed by atoms with van der Waals surface area (Å²) in [5.74, 6) is 1.26. The van der Waals surface area contributed by atoms with Crippen molar-refractivity contribution in [2.75, 3.05) is 32.5 Å². The minimum Gasteiger partial charge on any atom is -0.356 e. The minimum absolute atomic E-state index is 0.602. The average Bonchev–Trinajstić information content (AvgIpc) is 3.05. The Kier molecular flexibility index (Phi) is 5.35. The predicted molar refractivity (Wildman–Crippen MR) is 97.2 cm³/mol. The molecule has 0 aliphatic rings. The second kappa shape index (κ2) is 7.85. The molecule has 0 aliphatic heterocycles. The van der Waals surface area contributed by atoms with Gasteiger partial charge >= 0.3 is 0 Å². The van der Waals surface area contributed by atoms with Crippen molar-refractivity contribution in [3.63, 3.8) is 0 Å². The van der Waals surface area contributed by atoms with Gasteiger partial charge in [0.2, 0.25) is 5.95 Å². The van der Waals surface area contributed by atoms with Crippen LogP contribution < -0.4 is 5.32 Å². The number of nitrogens with one attached hydrogen (secondary N) is 1. The van der Waals surface area contributed by atoms with E-state index in [-0.39, 0.29) is 0 Å². The average molecular weight is 338 g/mol. The van der Waals surface area contributed by atoms with E-state index in [9.17, 15) is 0 Å². The largest absolute Gasteiger partial charge is 0.356 e. The van der Waals surface area contributed by atoms with Crippen molar-refractivity contribution in [3.05, 3.63) is 42.5 Å². The number of aryl methyl sites for hydroxylation is 1. The summed E-state index contributed by atoms with van der Waals surface area (Å²) in [6.45, 7) is 3.72. The summed E-state index contributed by atoms with van der Waals surface area (Å²) in [7, 11) is 4.12. The van der Waals surface area contributed by atoms with E-state index in [1.807, 2.05) is 25.1 Å². The molecule has 3 rings (SSSR count). The third-order valence-corrected chi connectivity index (χ3v) is 3.70. The molecule has 0 aromatic carbocycles. The lowest BCUT2D eigenvalue weighted by Crippen LogP contribution is -2.17. The predicted octanol–water partition coefficient (Wildman–Crippen LogP) is 2.87. The van der Waals surface area contributed by atoms with Gasteiger partial charge in [0.15, 0.2) is 5.76 Å². The highest BCUT2D eigenvalue weighted by molar-refractivity contribution is 5.78. The van der Waals surface area contributed by atoms with Gasteiger partial charge in [-0.3, -0.25) is 4.98 Å². The van der Waals surface area contributed by atoms with Crippen LogP contribution in [-0.2, 0) is 0 Å². The van der Waals surface area contributed by atoms with Crippen molar-refractivity contribution in [3.8, 4) is 22.6 Å². The Morgan fingerprint density at radius 1 is 1.20 bits per heavy atom. The Morgan fingerprint density at radius 2 is 2.00 bits per heavy atom. The maximum absolute atomic E-state index is 5.41. The molecular formula is C18H22N6O. The van der Waals surface area contributed by atoms with E-state index in [0.717, 1.165) is 42.0 Å². The fourth-order valence-electron chi connectivity index (χ4n) is 2.46. The standard InChI is InChI=1S/C18H22N6O/c1-13-11-16(25-23-13)15-12-21-18(20-7-4-10-24(2)3)22-17(15)14-5-8-19-9-6-14/h5-6,8-9,11-12H,4,7,10H2,1-3H3,(H,20,21,22). The van der Waals surface area contributed by atoms with Gasteiger partial charge in [0.1, 0.15) is 0 Å². The summed E-state index contributed by atoms with van der Waals surface area (Å²) >= 11 is 0. The molecule has 7 heteroatoms. The highest BCUT2D eigenvalue weighted by Gasteiger charge is 2.15. The Labute approximate surface area is 147 Å². The first-order chi connectivity index (χ1) is 12.1. The highest BCUT2D eigenvalue weighted by Crippen LogP contribution is 2.30.